The lowest BCUT2D eigenvalue weighted by Gasteiger charge is -2.23. The van der Waals surface area contributed by atoms with Gasteiger partial charge in [-0.3, -0.25) is 0 Å². The van der Waals surface area contributed by atoms with Gasteiger partial charge in [-0.2, -0.15) is 0 Å². The van der Waals surface area contributed by atoms with Crippen molar-refractivity contribution in [2.45, 2.75) is 91.1 Å². The maximum Gasteiger partial charge on any atom is 0.0678 e. The summed E-state index contributed by atoms with van der Waals surface area (Å²) >= 11 is 0. The predicted molar refractivity (Wildman–Crippen MR) is 138 cm³/mol. The predicted octanol–water partition coefficient (Wildman–Crippen LogP) is 8.81. The highest BCUT2D eigenvalue weighted by Crippen LogP contribution is 2.51. The van der Waals surface area contributed by atoms with Gasteiger partial charge in [0, 0.05) is 0 Å². The summed E-state index contributed by atoms with van der Waals surface area (Å²) in [6.07, 6.45) is 2.32. The van der Waals surface area contributed by atoms with Gasteiger partial charge in [0.15, 0.2) is 0 Å². The minimum Gasteiger partial charge on any atom is -0.0627 e. The van der Waals surface area contributed by atoms with Crippen molar-refractivity contribution in [1.82, 2.24) is 0 Å². The van der Waals surface area contributed by atoms with Crippen LogP contribution in [0.3, 0.4) is 0 Å². The van der Waals surface area contributed by atoms with Crippen LogP contribution in [-0.4, -0.2) is 9.52 Å². The number of fused-ring (bicyclic) bond motifs is 2. The van der Waals surface area contributed by atoms with Gasteiger partial charge in [-0.15, -0.1) is 0 Å². The summed E-state index contributed by atoms with van der Waals surface area (Å²) in [6, 6.07) is 14.2. The van der Waals surface area contributed by atoms with Crippen molar-refractivity contribution in [2.24, 2.45) is 0 Å². The molecule has 0 aromatic heterocycles. The average molecular weight is 427 g/mol. The zero-order valence-corrected chi connectivity index (χ0v) is 21.7. The van der Waals surface area contributed by atoms with Crippen LogP contribution in [0.1, 0.15) is 125 Å². The maximum absolute atomic E-state index is 2.42. The number of hydrogen-bond acceptors (Lipinski definition) is 0. The van der Waals surface area contributed by atoms with Gasteiger partial charge in [0.2, 0.25) is 0 Å². The third-order valence-electron chi connectivity index (χ3n) is 7.63. The van der Waals surface area contributed by atoms with E-state index in [0.29, 0.717) is 22.9 Å². The van der Waals surface area contributed by atoms with Gasteiger partial charge in [-0.25, -0.2) is 0 Å². The molecule has 1 heteroatoms. The van der Waals surface area contributed by atoms with Gasteiger partial charge in [-0.1, -0.05) is 89.1 Å². The molecular weight excluding hydrogens is 388 g/mol. The minimum absolute atomic E-state index is 0.569. The second-order valence-corrected chi connectivity index (χ2v) is 11.5. The largest absolute Gasteiger partial charge is 0.0678 e. The fourth-order valence-corrected chi connectivity index (χ4v) is 8.52. The molecule has 0 heterocycles. The molecule has 0 nitrogen and oxygen atoms in total. The molecule has 31 heavy (non-hydrogen) atoms. The third-order valence-corrected chi connectivity index (χ3v) is 9.61. The van der Waals surface area contributed by atoms with E-state index in [4.69, 9.17) is 0 Å². The third kappa shape index (κ3) is 3.50. The molecule has 0 amide bonds. The van der Waals surface area contributed by atoms with E-state index in [9.17, 15) is 0 Å². The zero-order valence-electron chi connectivity index (χ0n) is 20.7. The van der Waals surface area contributed by atoms with Crippen LogP contribution < -0.4 is 0 Å². The highest BCUT2D eigenvalue weighted by atomic mass is 28.2. The first-order valence-corrected chi connectivity index (χ1v) is 13.4. The van der Waals surface area contributed by atoms with Crippen molar-refractivity contribution in [1.29, 1.82) is 0 Å². The number of benzene rings is 2. The Balaban J connectivity index is 1.83. The number of hydrogen-bond donors (Lipinski definition) is 0. The Bertz CT molecular complexity index is 978. The highest BCUT2D eigenvalue weighted by Gasteiger charge is 2.37. The molecular formula is C30H38Si. The molecule has 0 N–H and O–H groups in total. The molecule has 0 spiro atoms. The van der Waals surface area contributed by atoms with Crippen LogP contribution in [0.15, 0.2) is 47.5 Å². The summed E-state index contributed by atoms with van der Waals surface area (Å²) < 4.78 is 0. The molecule has 0 saturated carbocycles. The highest BCUT2D eigenvalue weighted by molar-refractivity contribution is 6.44. The van der Waals surface area contributed by atoms with Gasteiger partial charge in [0.05, 0.1) is 9.52 Å². The molecule has 2 aromatic carbocycles. The second kappa shape index (κ2) is 8.58. The first-order valence-electron chi connectivity index (χ1n) is 12.2. The van der Waals surface area contributed by atoms with Crippen LogP contribution in [-0.2, 0) is 0 Å². The lowest BCUT2D eigenvalue weighted by Crippen LogP contribution is -2.18. The Morgan fingerprint density at radius 3 is 1.39 bits per heavy atom. The Labute approximate surface area is 192 Å². The maximum atomic E-state index is 2.42. The molecule has 4 rings (SSSR count). The van der Waals surface area contributed by atoms with Crippen LogP contribution in [0.2, 0.25) is 0 Å². The molecule has 0 bridgehead atoms. The van der Waals surface area contributed by atoms with Gasteiger partial charge in [-0.05, 0) is 94.1 Å². The van der Waals surface area contributed by atoms with E-state index < -0.39 is 0 Å². The summed E-state index contributed by atoms with van der Waals surface area (Å²) in [4.78, 5) is 0. The first kappa shape index (κ1) is 22.3. The molecule has 2 unspecified atom stereocenters. The lowest BCUT2D eigenvalue weighted by molar-refractivity contribution is 0.858. The van der Waals surface area contributed by atoms with E-state index in [1.165, 1.54) is 11.1 Å². The topological polar surface area (TPSA) is 0 Å². The molecule has 2 atom stereocenters. The van der Waals surface area contributed by atoms with Crippen LogP contribution in [0.4, 0.5) is 0 Å². The summed E-state index contributed by atoms with van der Waals surface area (Å²) in [5, 5.41) is 0. The normalized spacial score (nSPS) is 20.3. The van der Waals surface area contributed by atoms with Gasteiger partial charge < -0.3 is 0 Å². The smallest absolute Gasteiger partial charge is 0.0627 e. The van der Waals surface area contributed by atoms with E-state index in [2.05, 4.69) is 91.8 Å². The van der Waals surface area contributed by atoms with Crippen molar-refractivity contribution in [2.75, 3.05) is 0 Å². The summed E-state index contributed by atoms with van der Waals surface area (Å²) in [6.45, 7) is 18.8. The quantitative estimate of drug-likeness (QED) is 0.405. The molecule has 0 fully saturated rings. The van der Waals surface area contributed by atoms with Crippen LogP contribution in [0.5, 0.6) is 0 Å². The van der Waals surface area contributed by atoms with Crippen LogP contribution in [0, 0.1) is 0 Å². The lowest BCUT2D eigenvalue weighted by atomic mass is 9.92. The SMILES string of the molecule is CCC1=C(C)c2c(C(C)C)cccc2C1[Si]C1C(CC)=C(C)c2c(C(C)C)cccc21. The molecule has 2 aliphatic rings. The fourth-order valence-electron chi connectivity index (χ4n) is 6.10. The first-order chi connectivity index (χ1) is 14.8. The Morgan fingerprint density at radius 2 is 1.06 bits per heavy atom. The van der Waals surface area contributed by atoms with Crippen molar-refractivity contribution in [3.8, 4) is 0 Å². The van der Waals surface area contributed by atoms with Crippen LogP contribution in [0.25, 0.3) is 11.1 Å². The summed E-state index contributed by atoms with van der Waals surface area (Å²) in [7, 11) is 0.884. The van der Waals surface area contributed by atoms with Crippen molar-refractivity contribution >= 4 is 20.7 Å². The van der Waals surface area contributed by atoms with Crippen LogP contribution >= 0.6 is 0 Å². The minimum atomic E-state index is 0.569. The van der Waals surface area contributed by atoms with E-state index in [1.54, 1.807) is 44.5 Å². The van der Waals surface area contributed by atoms with Crippen molar-refractivity contribution < 1.29 is 0 Å². The Kier molecular flexibility index (Phi) is 6.18. The molecule has 0 aliphatic heterocycles. The average Bonchev–Trinajstić information content (AvgIpc) is 3.18. The van der Waals surface area contributed by atoms with Gasteiger partial charge in [0.1, 0.15) is 0 Å². The monoisotopic (exact) mass is 426 g/mol. The Hall–Kier alpha value is -1.86. The fraction of sp³-hybridized carbons (Fsp3) is 0.467. The number of allylic oxidation sites excluding steroid dienone is 4. The van der Waals surface area contributed by atoms with Crippen molar-refractivity contribution in [3.05, 3.63) is 80.9 Å². The molecule has 0 saturated heterocycles. The molecule has 162 valence electrons. The summed E-state index contributed by atoms with van der Waals surface area (Å²) in [5.41, 5.74) is 17.0. The van der Waals surface area contributed by atoms with E-state index >= 15 is 0 Å². The molecule has 2 aromatic rings. The van der Waals surface area contributed by atoms with Crippen molar-refractivity contribution in [3.63, 3.8) is 0 Å². The second-order valence-electron chi connectivity index (χ2n) is 9.97. The van der Waals surface area contributed by atoms with Gasteiger partial charge >= 0.3 is 0 Å². The Morgan fingerprint density at radius 1 is 0.677 bits per heavy atom. The molecule has 2 aliphatic carbocycles. The summed E-state index contributed by atoms with van der Waals surface area (Å²) in [5.74, 6) is 1.14. The van der Waals surface area contributed by atoms with Gasteiger partial charge in [0.25, 0.3) is 0 Å². The molecule has 2 radical (unpaired) electrons. The standard InChI is InChI=1S/C30H38Si/c1-9-21-19(7)27-23(17(3)4)13-11-15-25(27)29(21)31-30-22(10-2)20(8)28-24(18(5)6)14-12-16-26(28)30/h11-18,29-30H,9-10H2,1-8H3. The van der Waals surface area contributed by atoms with E-state index in [-0.39, 0.29) is 0 Å². The number of rotatable bonds is 6. The van der Waals surface area contributed by atoms with E-state index in [0.717, 1.165) is 22.4 Å². The zero-order chi connectivity index (χ0) is 22.4. The van der Waals surface area contributed by atoms with E-state index in [1.807, 2.05) is 0 Å².